The first-order chi connectivity index (χ1) is 6.83. The lowest BCUT2D eigenvalue weighted by Crippen LogP contribution is -1.82. The molecule has 0 atom stereocenters. The summed E-state index contributed by atoms with van der Waals surface area (Å²) in [6.45, 7) is 7.99. The van der Waals surface area contributed by atoms with Gasteiger partial charge in [0.25, 0.3) is 0 Å². The summed E-state index contributed by atoms with van der Waals surface area (Å²) in [6.07, 6.45) is 2.04. The lowest BCUT2D eigenvalue weighted by Gasteiger charge is -1.97. The molecule has 0 spiro atoms. The van der Waals surface area contributed by atoms with Crippen molar-refractivity contribution in [3.8, 4) is 11.8 Å². The van der Waals surface area contributed by atoms with E-state index in [0.717, 1.165) is 12.8 Å². The van der Waals surface area contributed by atoms with Crippen molar-refractivity contribution in [3.05, 3.63) is 35.4 Å². The van der Waals surface area contributed by atoms with Crippen LogP contribution in [0.2, 0.25) is 0 Å². The predicted octanol–water partition coefficient (Wildman–Crippen LogP) is 3.98. The Balaban J connectivity index is 0.000000791. The van der Waals surface area contributed by atoms with Gasteiger partial charge in [-0.2, -0.15) is 0 Å². The molecule has 0 amide bonds. The van der Waals surface area contributed by atoms with Crippen LogP contribution in [0, 0.1) is 18.8 Å². The predicted molar refractivity (Wildman–Crippen MR) is 64.3 cm³/mol. The third kappa shape index (κ3) is 5.43. The van der Waals surface area contributed by atoms with Crippen LogP contribution >= 0.6 is 0 Å². The van der Waals surface area contributed by atoms with Crippen molar-refractivity contribution in [1.82, 2.24) is 0 Å². The molecule has 0 aliphatic carbocycles. The summed E-state index contributed by atoms with van der Waals surface area (Å²) in [5.41, 5.74) is 2.70. The van der Waals surface area contributed by atoms with Crippen LogP contribution in [0.25, 0.3) is 0 Å². The molecule has 0 fully saturated rings. The summed E-state index contributed by atoms with van der Waals surface area (Å²) in [6, 6.07) is 8.64. The Morgan fingerprint density at radius 3 is 2.14 bits per heavy atom. The minimum Gasteiger partial charge on any atom is -0.107 e. The molecule has 0 heterocycles. The van der Waals surface area contributed by atoms with Crippen molar-refractivity contribution in [2.75, 3.05) is 0 Å². The van der Waals surface area contributed by atoms with Gasteiger partial charge < -0.3 is 0 Å². The van der Waals surface area contributed by atoms with E-state index < -0.39 is 0 Å². The number of rotatable bonds is 2. The van der Waals surface area contributed by atoms with E-state index in [-0.39, 0.29) is 0 Å². The Kier molecular flexibility index (Phi) is 7.65. The van der Waals surface area contributed by atoms with Crippen molar-refractivity contribution in [2.24, 2.45) is 0 Å². The van der Waals surface area contributed by atoms with Crippen LogP contribution in [0.15, 0.2) is 24.3 Å². The van der Waals surface area contributed by atoms with E-state index in [1.165, 1.54) is 11.1 Å². The van der Waals surface area contributed by atoms with Gasteiger partial charge in [0.2, 0.25) is 0 Å². The average Bonchev–Trinajstić information content (AvgIpc) is 2.24. The quantitative estimate of drug-likeness (QED) is 0.616. The van der Waals surface area contributed by atoms with Gasteiger partial charge in [0.05, 0.1) is 0 Å². The molecule has 0 nitrogen and oxygen atoms in total. The third-order valence-electron chi connectivity index (χ3n) is 1.84. The Morgan fingerprint density at radius 1 is 1.07 bits per heavy atom. The number of hydrogen-bond donors (Lipinski definition) is 0. The fraction of sp³-hybridized carbons (Fsp3) is 0.429. The highest BCUT2D eigenvalue weighted by molar-refractivity contribution is 5.22. The Morgan fingerprint density at radius 2 is 1.64 bits per heavy atom. The van der Waals surface area contributed by atoms with Crippen LogP contribution in [-0.4, -0.2) is 0 Å². The largest absolute Gasteiger partial charge is 0.107 e. The topological polar surface area (TPSA) is 0 Å². The molecule has 0 saturated carbocycles. The SMILES string of the molecule is CC.CC#CCCc1ccc(C)cc1. The molecule has 0 heteroatoms. The fourth-order valence-electron chi connectivity index (χ4n) is 1.09. The third-order valence-corrected chi connectivity index (χ3v) is 1.84. The van der Waals surface area contributed by atoms with Gasteiger partial charge in [-0.3, -0.25) is 0 Å². The van der Waals surface area contributed by atoms with E-state index in [2.05, 4.69) is 43.0 Å². The molecule has 0 unspecified atom stereocenters. The van der Waals surface area contributed by atoms with E-state index in [9.17, 15) is 0 Å². The molecule has 0 N–H and O–H groups in total. The van der Waals surface area contributed by atoms with E-state index >= 15 is 0 Å². The molecule has 1 rings (SSSR count). The second-order valence-electron chi connectivity index (χ2n) is 2.91. The molecular formula is C14H20. The lowest BCUT2D eigenvalue weighted by atomic mass is 10.1. The number of benzene rings is 1. The van der Waals surface area contributed by atoms with Crippen molar-refractivity contribution in [1.29, 1.82) is 0 Å². The molecule has 1 aromatic rings. The molecule has 0 saturated heterocycles. The molecule has 0 radical (unpaired) electrons. The van der Waals surface area contributed by atoms with Crippen LogP contribution in [0.5, 0.6) is 0 Å². The Bertz CT molecular complexity index is 282. The monoisotopic (exact) mass is 188 g/mol. The molecule has 0 bridgehead atoms. The zero-order chi connectivity index (χ0) is 10.8. The van der Waals surface area contributed by atoms with Crippen molar-refractivity contribution >= 4 is 0 Å². The van der Waals surface area contributed by atoms with Crippen molar-refractivity contribution < 1.29 is 0 Å². The standard InChI is InChI=1S/C12H14.C2H6/c1-3-4-5-6-12-9-7-11(2)8-10-12;1-2/h7-10H,5-6H2,1-2H3;1-2H3. The van der Waals surface area contributed by atoms with Gasteiger partial charge in [0.1, 0.15) is 0 Å². The summed E-state index contributed by atoms with van der Waals surface area (Å²) < 4.78 is 0. The van der Waals surface area contributed by atoms with Gasteiger partial charge in [0.15, 0.2) is 0 Å². The molecule has 0 aliphatic heterocycles. The molecule has 0 aliphatic rings. The minimum atomic E-state index is 0.972. The minimum absolute atomic E-state index is 0.972. The summed E-state index contributed by atoms with van der Waals surface area (Å²) in [5, 5.41) is 0. The molecule has 0 aromatic heterocycles. The number of hydrogen-bond acceptors (Lipinski definition) is 0. The zero-order valence-corrected chi connectivity index (χ0v) is 9.72. The summed E-state index contributed by atoms with van der Waals surface area (Å²) in [5.74, 6) is 5.96. The maximum absolute atomic E-state index is 3.06. The van der Waals surface area contributed by atoms with Crippen LogP contribution in [0.3, 0.4) is 0 Å². The summed E-state index contributed by atoms with van der Waals surface area (Å²) >= 11 is 0. The van der Waals surface area contributed by atoms with Crippen LogP contribution in [-0.2, 0) is 6.42 Å². The second kappa shape index (κ2) is 8.38. The molecular weight excluding hydrogens is 168 g/mol. The van der Waals surface area contributed by atoms with Crippen LogP contribution in [0.1, 0.15) is 38.3 Å². The van der Waals surface area contributed by atoms with Gasteiger partial charge in [-0.15, -0.1) is 11.8 Å². The summed E-state index contributed by atoms with van der Waals surface area (Å²) in [7, 11) is 0. The first-order valence-corrected chi connectivity index (χ1v) is 5.28. The second-order valence-corrected chi connectivity index (χ2v) is 2.91. The first kappa shape index (κ1) is 12.8. The normalized spacial score (nSPS) is 8.00. The van der Waals surface area contributed by atoms with E-state index in [1.807, 2.05) is 20.8 Å². The van der Waals surface area contributed by atoms with E-state index in [1.54, 1.807) is 0 Å². The van der Waals surface area contributed by atoms with Crippen LogP contribution in [0.4, 0.5) is 0 Å². The fourth-order valence-corrected chi connectivity index (χ4v) is 1.09. The molecule has 1 aromatic carbocycles. The maximum Gasteiger partial charge on any atom is 0.0129 e. The first-order valence-electron chi connectivity index (χ1n) is 5.28. The Hall–Kier alpha value is -1.22. The van der Waals surface area contributed by atoms with Gasteiger partial charge >= 0.3 is 0 Å². The van der Waals surface area contributed by atoms with Crippen molar-refractivity contribution in [2.45, 2.75) is 40.5 Å². The average molecular weight is 188 g/mol. The smallest absolute Gasteiger partial charge is 0.0129 e. The zero-order valence-electron chi connectivity index (χ0n) is 9.72. The molecule has 14 heavy (non-hydrogen) atoms. The lowest BCUT2D eigenvalue weighted by molar-refractivity contribution is 1.03. The van der Waals surface area contributed by atoms with Gasteiger partial charge in [-0.05, 0) is 25.8 Å². The van der Waals surface area contributed by atoms with Gasteiger partial charge in [-0.1, -0.05) is 43.7 Å². The highest BCUT2D eigenvalue weighted by atomic mass is 13.9. The van der Waals surface area contributed by atoms with E-state index in [4.69, 9.17) is 0 Å². The Labute approximate surface area is 88.4 Å². The number of aryl methyl sites for hydroxylation is 2. The maximum atomic E-state index is 3.06. The highest BCUT2D eigenvalue weighted by Crippen LogP contribution is 2.04. The van der Waals surface area contributed by atoms with Gasteiger partial charge in [-0.25, -0.2) is 0 Å². The van der Waals surface area contributed by atoms with Crippen LogP contribution < -0.4 is 0 Å². The highest BCUT2D eigenvalue weighted by Gasteiger charge is 1.89. The van der Waals surface area contributed by atoms with Crippen molar-refractivity contribution in [3.63, 3.8) is 0 Å². The molecule has 76 valence electrons. The summed E-state index contributed by atoms with van der Waals surface area (Å²) in [4.78, 5) is 0. The van der Waals surface area contributed by atoms with E-state index in [0.29, 0.717) is 0 Å². The van der Waals surface area contributed by atoms with Gasteiger partial charge in [0, 0.05) is 6.42 Å².